The third kappa shape index (κ3) is 4.43. The molecule has 92 valence electrons. The first kappa shape index (κ1) is 13.5. The topological polar surface area (TPSA) is 29.1 Å². The van der Waals surface area contributed by atoms with Crippen LogP contribution >= 0.6 is 0 Å². The van der Waals surface area contributed by atoms with E-state index in [1.54, 1.807) is 0 Å². The van der Waals surface area contributed by atoms with Crippen LogP contribution in [0.25, 0.3) is 0 Å². The Balaban J connectivity index is 2.52. The van der Waals surface area contributed by atoms with Crippen LogP contribution in [-0.4, -0.2) is 5.91 Å². The number of carbonyl (C=O) groups is 1. The van der Waals surface area contributed by atoms with Crippen molar-refractivity contribution in [2.24, 2.45) is 5.92 Å². The summed E-state index contributed by atoms with van der Waals surface area (Å²) >= 11 is 0. The van der Waals surface area contributed by atoms with Crippen LogP contribution in [0.2, 0.25) is 0 Å². The molecule has 0 heterocycles. The number of amides is 1. The van der Waals surface area contributed by atoms with E-state index in [9.17, 15) is 4.79 Å². The highest BCUT2D eigenvalue weighted by molar-refractivity contribution is 5.90. The molecule has 0 saturated heterocycles. The predicted octanol–water partition coefficient (Wildman–Crippen LogP) is 3.79. The normalized spacial score (nSPS) is 11.9. The molecular weight excluding hydrogens is 210 g/mol. The highest BCUT2D eigenvalue weighted by Crippen LogP contribution is 2.13. The van der Waals surface area contributed by atoms with Crippen LogP contribution in [0.3, 0.4) is 0 Å². The summed E-state index contributed by atoms with van der Waals surface area (Å²) in [7, 11) is 0. The lowest BCUT2D eigenvalue weighted by Crippen LogP contribution is -2.15. The molecule has 1 unspecified atom stereocenters. The van der Waals surface area contributed by atoms with Crippen LogP contribution in [0.4, 0.5) is 5.69 Å². The molecule has 17 heavy (non-hydrogen) atoms. The van der Waals surface area contributed by atoms with E-state index in [0.717, 1.165) is 18.5 Å². The quantitative estimate of drug-likeness (QED) is 0.741. The van der Waals surface area contributed by atoms with Crippen molar-refractivity contribution in [3.05, 3.63) is 42.5 Å². The van der Waals surface area contributed by atoms with E-state index in [4.69, 9.17) is 0 Å². The van der Waals surface area contributed by atoms with Gasteiger partial charge in [0.2, 0.25) is 5.91 Å². The molecule has 1 atom stereocenters. The van der Waals surface area contributed by atoms with Crippen molar-refractivity contribution in [3.8, 4) is 0 Å². The van der Waals surface area contributed by atoms with Gasteiger partial charge in [-0.3, -0.25) is 4.79 Å². The third-order valence-electron chi connectivity index (χ3n) is 2.95. The molecule has 0 aliphatic heterocycles. The Kier molecular flexibility index (Phi) is 5.47. The van der Waals surface area contributed by atoms with Gasteiger partial charge in [-0.05, 0) is 36.5 Å². The van der Waals surface area contributed by atoms with Crippen molar-refractivity contribution in [1.29, 1.82) is 0 Å². The first-order valence-corrected chi connectivity index (χ1v) is 6.20. The average molecular weight is 231 g/mol. The van der Waals surface area contributed by atoms with Gasteiger partial charge in [0.05, 0.1) is 0 Å². The molecule has 1 aromatic rings. The zero-order valence-corrected chi connectivity index (χ0v) is 10.7. The van der Waals surface area contributed by atoms with Gasteiger partial charge in [0.15, 0.2) is 0 Å². The lowest BCUT2D eigenvalue weighted by molar-refractivity contribution is -0.116. The molecule has 0 radical (unpaired) electrons. The fourth-order valence-corrected chi connectivity index (χ4v) is 1.67. The molecule has 1 aromatic carbocycles. The summed E-state index contributed by atoms with van der Waals surface area (Å²) in [5.41, 5.74) is 2.15. The monoisotopic (exact) mass is 231 g/mol. The Morgan fingerprint density at radius 1 is 1.35 bits per heavy atom. The highest BCUT2D eigenvalue weighted by atomic mass is 16.1. The minimum atomic E-state index is 0.0565. The lowest BCUT2D eigenvalue weighted by Gasteiger charge is -2.10. The maximum absolute atomic E-state index is 11.7. The van der Waals surface area contributed by atoms with Crippen LogP contribution in [0, 0.1) is 5.92 Å². The zero-order chi connectivity index (χ0) is 12.7. The second-order valence-corrected chi connectivity index (χ2v) is 4.21. The molecule has 0 aliphatic carbocycles. The van der Waals surface area contributed by atoms with Crippen molar-refractivity contribution < 1.29 is 4.79 Å². The minimum absolute atomic E-state index is 0.0565. The van der Waals surface area contributed by atoms with E-state index in [1.165, 1.54) is 5.56 Å². The molecule has 0 aromatic heterocycles. The number of hydrogen-bond acceptors (Lipinski definition) is 1. The summed E-state index contributed by atoms with van der Waals surface area (Å²) < 4.78 is 0. The summed E-state index contributed by atoms with van der Waals surface area (Å²) in [6.45, 7) is 7.91. The van der Waals surface area contributed by atoms with Crippen molar-refractivity contribution in [2.45, 2.75) is 33.1 Å². The molecule has 2 nitrogen and oxygen atoms in total. The molecule has 1 rings (SSSR count). The standard InChI is InChI=1S/C15H21NO/c1-4-12(5-2)11-15(17)16-14-9-7-13(6-3)8-10-14/h4,7-10,12H,1,5-6,11H2,2-3H3,(H,16,17). The van der Waals surface area contributed by atoms with E-state index in [0.29, 0.717) is 6.42 Å². The van der Waals surface area contributed by atoms with Crippen molar-refractivity contribution >= 4 is 11.6 Å². The molecule has 1 N–H and O–H groups in total. The maximum atomic E-state index is 11.7. The van der Waals surface area contributed by atoms with Crippen molar-refractivity contribution in [1.82, 2.24) is 0 Å². The molecule has 0 fully saturated rings. The maximum Gasteiger partial charge on any atom is 0.224 e. The summed E-state index contributed by atoms with van der Waals surface area (Å²) in [5, 5.41) is 2.91. The van der Waals surface area contributed by atoms with Gasteiger partial charge in [-0.2, -0.15) is 0 Å². The van der Waals surface area contributed by atoms with Crippen molar-refractivity contribution in [2.75, 3.05) is 5.32 Å². The van der Waals surface area contributed by atoms with Gasteiger partial charge in [0, 0.05) is 12.1 Å². The number of hydrogen-bond donors (Lipinski definition) is 1. The number of rotatable bonds is 6. The number of allylic oxidation sites excluding steroid dienone is 1. The third-order valence-corrected chi connectivity index (χ3v) is 2.95. The second-order valence-electron chi connectivity index (χ2n) is 4.21. The lowest BCUT2D eigenvalue weighted by atomic mass is 10.0. The Labute approximate surface area is 104 Å². The van der Waals surface area contributed by atoms with Crippen LogP contribution in [0.15, 0.2) is 36.9 Å². The van der Waals surface area contributed by atoms with Gasteiger partial charge in [0.25, 0.3) is 0 Å². The fourth-order valence-electron chi connectivity index (χ4n) is 1.67. The van der Waals surface area contributed by atoms with Gasteiger partial charge in [-0.15, -0.1) is 6.58 Å². The highest BCUT2D eigenvalue weighted by Gasteiger charge is 2.08. The number of anilines is 1. The zero-order valence-electron chi connectivity index (χ0n) is 10.7. The summed E-state index contributed by atoms with van der Waals surface area (Å²) in [6, 6.07) is 7.98. The smallest absolute Gasteiger partial charge is 0.224 e. The van der Waals surface area contributed by atoms with E-state index >= 15 is 0 Å². The minimum Gasteiger partial charge on any atom is -0.326 e. The van der Waals surface area contributed by atoms with Gasteiger partial charge >= 0.3 is 0 Å². The van der Waals surface area contributed by atoms with Crippen LogP contribution in [0.1, 0.15) is 32.3 Å². The van der Waals surface area contributed by atoms with E-state index in [-0.39, 0.29) is 11.8 Å². The first-order valence-electron chi connectivity index (χ1n) is 6.20. The molecule has 0 aliphatic rings. The Morgan fingerprint density at radius 3 is 2.47 bits per heavy atom. The Hall–Kier alpha value is -1.57. The number of nitrogens with one attached hydrogen (secondary N) is 1. The Morgan fingerprint density at radius 2 is 2.00 bits per heavy atom. The summed E-state index contributed by atoms with van der Waals surface area (Å²) in [6.07, 6.45) is 4.32. The Bertz CT molecular complexity index is 367. The molecule has 0 saturated carbocycles. The largest absolute Gasteiger partial charge is 0.326 e. The van der Waals surface area contributed by atoms with Gasteiger partial charge in [0.1, 0.15) is 0 Å². The van der Waals surface area contributed by atoms with Crippen LogP contribution < -0.4 is 5.32 Å². The van der Waals surface area contributed by atoms with Crippen molar-refractivity contribution in [3.63, 3.8) is 0 Å². The number of aryl methyl sites for hydroxylation is 1. The first-order chi connectivity index (χ1) is 8.19. The number of carbonyl (C=O) groups excluding carboxylic acids is 1. The predicted molar refractivity (Wildman–Crippen MR) is 73.0 cm³/mol. The van der Waals surface area contributed by atoms with Crippen LogP contribution in [0.5, 0.6) is 0 Å². The van der Waals surface area contributed by atoms with E-state index in [1.807, 2.05) is 30.3 Å². The molecule has 0 bridgehead atoms. The van der Waals surface area contributed by atoms with Gasteiger partial charge < -0.3 is 5.32 Å². The summed E-state index contributed by atoms with van der Waals surface area (Å²) in [5.74, 6) is 0.325. The molecular formula is C15H21NO. The van der Waals surface area contributed by atoms with Gasteiger partial charge in [-0.1, -0.05) is 32.1 Å². The summed E-state index contributed by atoms with van der Waals surface area (Å²) in [4.78, 5) is 11.7. The SMILES string of the molecule is C=CC(CC)CC(=O)Nc1ccc(CC)cc1. The number of benzene rings is 1. The molecule has 0 spiro atoms. The molecule has 2 heteroatoms. The molecule has 1 amide bonds. The van der Waals surface area contributed by atoms with E-state index in [2.05, 4.69) is 25.7 Å². The average Bonchev–Trinajstić information content (AvgIpc) is 2.37. The fraction of sp³-hybridized carbons (Fsp3) is 0.400. The van der Waals surface area contributed by atoms with Gasteiger partial charge in [-0.25, -0.2) is 0 Å². The second kappa shape index (κ2) is 6.89. The van der Waals surface area contributed by atoms with E-state index < -0.39 is 0 Å². The van der Waals surface area contributed by atoms with Crippen LogP contribution in [-0.2, 0) is 11.2 Å².